The van der Waals surface area contributed by atoms with Gasteiger partial charge in [0.2, 0.25) is 0 Å². The second-order valence-electron chi connectivity index (χ2n) is 5.57. The van der Waals surface area contributed by atoms with Crippen molar-refractivity contribution in [3.05, 3.63) is 52.8 Å². The highest BCUT2D eigenvalue weighted by Crippen LogP contribution is 2.16. The van der Waals surface area contributed by atoms with Crippen molar-refractivity contribution in [1.82, 2.24) is 15.1 Å². The lowest BCUT2D eigenvalue weighted by atomic mass is 10.1. The Morgan fingerprint density at radius 2 is 2.22 bits per heavy atom. The molecule has 2 aromatic rings. The number of unbranched alkanes of at least 4 members (excludes halogenated alkanes) is 1. The van der Waals surface area contributed by atoms with E-state index in [-0.39, 0.29) is 11.9 Å². The molecule has 0 fully saturated rings. The van der Waals surface area contributed by atoms with Crippen molar-refractivity contribution in [2.75, 3.05) is 6.54 Å². The Labute approximate surface area is 141 Å². The molecule has 23 heavy (non-hydrogen) atoms. The van der Waals surface area contributed by atoms with Crippen LogP contribution in [-0.4, -0.2) is 28.3 Å². The summed E-state index contributed by atoms with van der Waals surface area (Å²) < 4.78 is 1.71. The van der Waals surface area contributed by atoms with Gasteiger partial charge in [-0.25, -0.2) is 0 Å². The van der Waals surface area contributed by atoms with Gasteiger partial charge in [0.05, 0.1) is 18.3 Å². The standard InChI is InChI=1S/C17H23ClN4O/c1-2-3-7-15(9-19)21-17(23)14-10-20-22(12-14)11-13-6-4-5-8-16(13)18/h4-6,8,10,12,15H,2-3,7,9,11,19H2,1H3,(H,21,23). The Bertz CT molecular complexity index is 641. The first-order chi connectivity index (χ1) is 11.1. The minimum atomic E-state index is -0.137. The number of hydrogen-bond acceptors (Lipinski definition) is 3. The van der Waals surface area contributed by atoms with Gasteiger partial charge in [-0.05, 0) is 18.1 Å². The summed E-state index contributed by atoms with van der Waals surface area (Å²) in [6.45, 7) is 3.09. The zero-order valence-corrected chi connectivity index (χ0v) is 14.1. The van der Waals surface area contributed by atoms with Crippen molar-refractivity contribution in [1.29, 1.82) is 0 Å². The number of nitrogens with one attached hydrogen (secondary N) is 1. The SMILES string of the molecule is CCCCC(CN)NC(=O)c1cnn(Cc2ccccc2Cl)c1. The van der Waals surface area contributed by atoms with E-state index in [1.54, 1.807) is 17.1 Å². The molecule has 0 bridgehead atoms. The lowest BCUT2D eigenvalue weighted by Gasteiger charge is -2.15. The summed E-state index contributed by atoms with van der Waals surface area (Å²) in [6.07, 6.45) is 6.33. The first kappa shape index (κ1) is 17.5. The third-order valence-electron chi connectivity index (χ3n) is 3.71. The summed E-state index contributed by atoms with van der Waals surface area (Å²) in [5.41, 5.74) is 7.21. The number of halogens is 1. The Balaban J connectivity index is 1.98. The second-order valence-corrected chi connectivity index (χ2v) is 5.97. The summed E-state index contributed by atoms with van der Waals surface area (Å²) in [5, 5.41) is 7.89. The maximum atomic E-state index is 12.3. The summed E-state index contributed by atoms with van der Waals surface area (Å²) in [7, 11) is 0. The quantitative estimate of drug-likeness (QED) is 0.779. The van der Waals surface area contributed by atoms with E-state index in [0.29, 0.717) is 23.7 Å². The van der Waals surface area contributed by atoms with Crippen LogP contribution in [-0.2, 0) is 6.54 Å². The van der Waals surface area contributed by atoms with Crippen molar-refractivity contribution in [3.63, 3.8) is 0 Å². The van der Waals surface area contributed by atoms with E-state index >= 15 is 0 Å². The third-order valence-corrected chi connectivity index (χ3v) is 4.08. The lowest BCUT2D eigenvalue weighted by molar-refractivity contribution is 0.0935. The number of rotatable bonds is 8. The normalized spacial score (nSPS) is 12.1. The highest BCUT2D eigenvalue weighted by Gasteiger charge is 2.14. The third kappa shape index (κ3) is 5.08. The predicted octanol–water partition coefficient (Wildman–Crippen LogP) is 2.83. The first-order valence-electron chi connectivity index (χ1n) is 7.90. The van der Waals surface area contributed by atoms with E-state index in [9.17, 15) is 4.79 Å². The maximum Gasteiger partial charge on any atom is 0.254 e. The van der Waals surface area contributed by atoms with Crippen molar-refractivity contribution in [2.45, 2.75) is 38.8 Å². The molecule has 1 unspecified atom stereocenters. The van der Waals surface area contributed by atoms with Crippen LogP contribution in [0.4, 0.5) is 0 Å². The Morgan fingerprint density at radius 1 is 1.43 bits per heavy atom. The van der Waals surface area contributed by atoms with Gasteiger partial charge in [-0.1, -0.05) is 49.6 Å². The molecule has 1 amide bonds. The van der Waals surface area contributed by atoms with Gasteiger partial charge < -0.3 is 11.1 Å². The molecule has 2 rings (SSSR count). The fraction of sp³-hybridized carbons (Fsp3) is 0.412. The molecule has 1 atom stereocenters. The molecular weight excluding hydrogens is 312 g/mol. The molecule has 0 spiro atoms. The van der Waals surface area contributed by atoms with Crippen LogP contribution >= 0.6 is 11.6 Å². The van der Waals surface area contributed by atoms with Crippen molar-refractivity contribution in [3.8, 4) is 0 Å². The van der Waals surface area contributed by atoms with E-state index in [4.69, 9.17) is 17.3 Å². The molecule has 3 N–H and O–H groups in total. The molecule has 124 valence electrons. The van der Waals surface area contributed by atoms with E-state index in [1.165, 1.54) is 0 Å². The van der Waals surface area contributed by atoms with Crippen LogP contribution in [0.2, 0.25) is 5.02 Å². The smallest absolute Gasteiger partial charge is 0.254 e. The van der Waals surface area contributed by atoms with Crippen LogP contribution in [0.5, 0.6) is 0 Å². The topological polar surface area (TPSA) is 72.9 Å². The van der Waals surface area contributed by atoms with Gasteiger partial charge >= 0.3 is 0 Å². The fourth-order valence-corrected chi connectivity index (χ4v) is 2.53. The van der Waals surface area contributed by atoms with Crippen LogP contribution < -0.4 is 11.1 Å². The molecule has 0 aliphatic heterocycles. The Kier molecular flexibility index (Phi) is 6.62. The molecule has 6 heteroatoms. The highest BCUT2D eigenvalue weighted by molar-refractivity contribution is 6.31. The van der Waals surface area contributed by atoms with Crippen LogP contribution in [0, 0.1) is 0 Å². The molecule has 0 aliphatic carbocycles. The molecule has 0 aliphatic rings. The van der Waals surface area contributed by atoms with Crippen LogP contribution in [0.1, 0.15) is 42.1 Å². The summed E-state index contributed by atoms with van der Waals surface area (Å²) >= 11 is 6.15. The number of carbonyl (C=O) groups excluding carboxylic acids is 1. The predicted molar refractivity (Wildman–Crippen MR) is 92.6 cm³/mol. The van der Waals surface area contributed by atoms with E-state index in [2.05, 4.69) is 17.3 Å². The number of benzene rings is 1. The molecule has 1 aromatic heterocycles. The number of aromatic nitrogens is 2. The average molecular weight is 335 g/mol. The highest BCUT2D eigenvalue weighted by atomic mass is 35.5. The van der Waals surface area contributed by atoms with Gasteiger partial charge in [0.25, 0.3) is 5.91 Å². The van der Waals surface area contributed by atoms with E-state index in [0.717, 1.165) is 24.8 Å². The minimum absolute atomic E-state index is 0.00867. The summed E-state index contributed by atoms with van der Waals surface area (Å²) in [5.74, 6) is -0.137. The number of amides is 1. The van der Waals surface area contributed by atoms with Crippen molar-refractivity contribution < 1.29 is 4.79 Å². The maximum absolute atomic E-state index is 12.3. The summed E-state index contributed by atoms with van der Waals surface area (Å²) in [4.78, 5) is 12.3. The van der Waals surface area contributed by atoms with Crippen LogP contribution in [0.25, 0.3) is 0 Å². The molecule has 5 nitrogen and oxygen atoms in total. The molecule has 0 radical (unpaired) electrons. The number of carbonyl (C=O) groups is 1. The zero-order valence-electron chi connectivity index (χ0n) is 13.3. The Hall–Kier alpha value is -1.85. The molecule has 0 saturated carbocycles. The fourth-order valence-electron chi connectivity index (χ4n) is 2.34. The minimum Gasteiger partial charge on any atom is -0.348 e. The Morgan fingerprint density at radius 3 is 2.91 bits per heavy atom. The van der Waals surface area contributed by atoms with Gasteiger partial charge in [0.1, 0.15) is 0 Å². The van der Waals surface area contributed by atoms with E-state index < -0.39 is 0 Å². The van der Waals surface area contributed by atoms with Gasteiger partial charge in [-0.15, -0.1) is 0 Å². The van der Waals surface area contributed by atoms with E-state index in [1.807, 2.05) is 24.3 Å². The number of nitrogens with zero attached hydrogens (tertiary/aromatic N) is 2. The molecular formula is C17H23ClN4O. The molecule has 1 aromatic carbocycles. The zero-order chi connectivity index (χ0) is 16.7. The van der Waals surface area contributed by atoms with Crippen LogP contribution in [0.3, 0.4) is 0 Å². The largest absolute Gasteiger partial charge is 0.348 e. The van der Waals surface area contributed by atoms with Gasteiger partial charge in [-0.3, -0.25) is 9.48 Å². The summed E-state index contributed by atoms with van der Waals surface area (Å²) in [6, 6.07) is 7.61. The van der Waals surface area contributed by atoms with Gasteiger partial charge in [0, 0.05) is 23.8 Å². The van der Waals surface area contributed by atoms with Gasteiger partial charge in [0.15, 0.2) is 0 Å². The second kappa shape index (κ2) is 8.70. The van der Waals surface area contributed by atoms with Crippen molar-refractivity contribution >= 4 is 17.5 Å². The van der Waals surface area contributed by atoms with Crippen molar-refractivity contribution in [2.24, 2.45) is 5.73 Å². The monoisotopic (exact) mass is 334 g/mol. The first-order valence-corrected chi connectivity index (χ1v) is 8.28. The lowest BCUT2D eigenvalue weighted by Crippen LogP contribution is -2.40. The average Bonchev–Trinajstić information content (AvgIpc) is 3.02. The molecule has 0 saturated heterocycles. The van der Waals surface area contributed by atoms with Crippen LogP contribution in [0.15, 0.2) is 36.7 Å². The molecule has 1 heterocycles. The number of nitrogens with two attached hydrogens (primary N) is 1. The number of hydrogen-bond donors (Lipinski definition) is 2. The van der Waals surface area contributed by atoms with Gasteiger partial charge in [-0.2, -0.15) is 5.10 Å².